The fraction of sp³-hybridized carbons (Fsp3) is 0.357. The summed E-state index contributed by atoms with van der Waals surface area (Å²) in [7, 11) is 1.70. The van der Waals surface area contributed by atoms with E-state index in [4.69, 9.17) is 5.11 Å². The molecule has 6 heteroatoms. The molecular weight excluding hydrogens is 271 g/mol. The second-order valence-corrected chi connectivity index (χ2v) is 4.65. The molecule has 1 N–H and O–H groups in total. The van der Waals surface area contributed by atoms with Crippen molar-refractivity contribution in [3.8, 4) is 0 Å². The predicted octanol–water partition coefficient (Wildman–Crippen LogP) is 3.65. The van der Waals surface area contributed by atoms with Gasteiger partial charge >= 0.3 is 12.1 Å². The third-order valence-corrected chi connectivity index (χ3v) is 2.93. The molecule has 1 aromatic carbocycles. The number of halogens is 3. The lowest BCUT2D eigenvalue weighted by Crippen LogP contribution is -2.26. The molecule has 0 bridgehead atoms. The van der Waals surface area contributed by atoms with Crippen LogP contribution in [0.1, 0.15) is 25.0 Å². The Morgan fingerprint density at radius 2 is 1.95 bits per heavy atom. The van der Waals surface area contributed by atoms with E-state index in [1.54, 1.807) is 11.9 Å². The van der Waals surface area contributed by atoms with Gasteiger partial charge in [0.15, 0.2) is 0 Å². The molecule has 0 spiro atoms. The molecule has 0 radical (unpaired) electrons. The molecule has 0 saturated carbocycles. The van der Waals surface area contributed by atoms with Crippen molar-refractivity contribution in [1.82, 2.24) is 0 Å². The third kappa shape index (κ3) is 4.01. The Balaban J connectivity index is 3.31. The zero-order valence-electron chi connectivity index (χ0n) is 11.4. The minimum absolute atomic E-state index is 0.0523. The van der Waals surface area contributed by atoms with Crippen LogP contribution >= 0.6 is 0 Å². The third-order valence-electron chi connectivity index (χ3n) is 2.93. The molecule has 0 aliphatic rings. The van der Waals surface area contributed by atoms with Crippen LogP contribution in [0.3, 0.4) is 0 Å². The van der Waals surface area contributed by atoms with Gasteiger partial charge in [-0.2, -0.15) is 13.2 Å². The van der Waals surface area contributed by atoms with Gasteiger partial charge in [-0.25, -0.2) is 4.79 Å². The van der Waals surface area contributed by atoms with Crippen molar-refractivity contribution in [2.45, 2.75) is 26.1 Å². The number of carboxylic acids is 1. The summed E-state index contributed by atoms with van der Waals surface area (Å²) < 4.78 is 39.1. The normalized spacial score (nSPS) is 12.2. The number of rotatable bonds is 4. The molecule has 0 aliphatic heterocycles. The molecule has 20 heavy (non-hydrogen) atoms. The van der Waals surface area contributed by atoms with E-state index in [1.807, 2.05) is 13.8 Å². The first-order chi connectivity index (χ1) is 9.12. The van der Waals surface area contributed by atoms with Crippen molar-refractivity contribution in [3.63, 3.8) is 0 Å². The number of aliphatic carboxylic acids is 1. The maximum atomic E-state index is 13.0. The molecule has 0 aliphatic carbocycles. The first-order valence-electron chi connectivity index (χ1n) is 5.98. The number of benzene rings is 1. The van der Waals surface area contributed by atoms with Crippen LogP contribution < -0.4 is 4.90 Å². The maximum absolute atomic E-state index is 13.0. The topological polar surface area (TPSA) is 40.5 Å². The average molecular weight is 287 g/mol. The van der Waals surface area contributed by atoms with Crippen molar-refractivity contribution in [2.75, 3.05) is 11.9 Å². The number of hydrogen-bond donors (Lipinski definition) is 1. The van der Waals surface area contributed by atoms with Gasteiger partial charge in [0.25, 0.3) is 0 Å². The van der Waals surface area contributed by atoms with Crippen LogP contribution in [-0.2, 0) is 11.0 Å². The Kier molecular flexibility index (Phi) is 4.81. The van der Waals surface area contributed by atoms with Gasteiger partial charge in [-0.3, -0.25) is 0 Å². The van der Waals surface area contributed by atoms with E-state index in [-0.39, 0.29) is 11.6 Å². The zero-order valence-corrected chi connectivity index (χ0v) is 11.4. The Hall–Kier alpha value is -1.98. The van der Waals surface area contributed by atoms with Gasteiger partial charge in [-0.1, -0.05) is 6.07 Å². The summed E-state index contributed by atoms with van der Waals surface area (Å²) in [5.41, 5.74) is -0.583. The highest BCUT2D eigenvalue weighted by atomic mass is 19.4. The minimum Gasteiger partial charge on any atom is -0.478 e. The highest BCUT2D eigenvalue weighted by Crippen LogP contribution is 2.35. The fourth-order valence-electron chi connectivity index (χ4n) is 1.61. The second-order valence-electron chi connectivity index (χ2n) is 4.65. The number of carboxylic acid groups (broad SMARTS) is 1. The van der Waals surface area contributed by atoms with Crippen molar-refractivity contribution < 1.29 is 23.1 Å². The lowest BCUT2D eigenvalue weighted by atomic mass is 10.0. The molecule has 0 saturated heterocycles. The SMILES string of the molecule is CC(C)N(C)c1ccc(/C=C/C(=O)O)c(C(F)(F)F)c1. The number of alkyl halides is 3. The number of anilines is 1. The summed E-state index contributed by atoms with van der Waals surface area (Å²) in [6, 6.07) is 3.89. The Labute approximate surface area is 115 Å². The molecule has 3 nitrogen and oxygen atoms in total. The van der Waals surface area contributed by atoms with Crippen LogP contribution in [0.5, 0.6) is 0 Å². The van der Waals surface area contributed by atoms with Crippen LogP contribution in [0.25, 0.3) is 6.08 Å². The second kappa shape index (κ2) is 5.98. The van der Waals surface area contributed by atoms with Crippen molar-refractivity contribution in [3.05, 3.63) is 35.4 Å². The maximum Gasteiger partial charge on any atom is 0.417 e. The summed E-state index contributed by atoms with van der Waals surface area (Å²) >= 11 is 0. The molecule has 0 unspecified atom stereocenters. The van der Waals surface area contributed by atoms with Gasteiger partial charge in [-0.15, -0.1) is 0 Å². The summed E-state index contributed by atoms with van der Waals surface area (Å²) in [5, 5.41) is 8.51. The molecule has 0 heterocycles. The number of hydrogen-bond acceptors (Lipinski definition) is 2. The van der Waals surface area contributed by atoms with Gasteiger partial charge in [-0.05, 0) is 37.6 Å². The van der Waals surface area contributed by atoms with Crippen LogP contribution in [-0.4, -0.2) is 24.2 Å². The van der Waals surface area contributed by atoms with Crippen LogP contribution in [0, 0.1) is 0 Å². The molecule has 0 amide bonds. The summed E-state index contributed by atoms with van der Waals surface area (Å²) in [5.74, 6) is -1.29. The first-order valence-corrected chi connectivity index (χ1v) is 5.98. The van der Waals surface area contributed by atoms with Crippen molar-refractivity contribution in [1.29, 1.82) is 0 Å². The smallest absolute Gasteiger partial charge is 0.417 e. The quantitative estimate of drug-likeness (QED) is 0.859. The monoisotopic (exact) mass is 287 g/mol. The average Bonchev–Trinajstić information content (AvgIpc) is 2.33. The molecular formula is C14H16F3NO2. The first kappa shape index (κ1) is 16.1. The van der Waals surface area contributed by atoms with E-state index in [9.17, 15) is 18.0 Å². The van der Waals surface area contributed by atoms with E-state index < -0.39 is 17.7 Å². The molecule has 0 fully saturated rings. The van der Waals surface area contributed by atoms with Crippen LogP contribution in [0.4, 0.5) is 18.9 Å². The minimum atomic E-state index is -4.54. The molecule has 1 rings (SSSR count). The Morgan fingerprint density at radius 3 is 2.40 bits per heavy atom. The van der Waals surface area contributed by atoms with Gasteiger partial charge in [0.2, 0.25) is 0 Å². The van der Waals surface area contributed by atoms with Crippen LogP contribution in [0.15, 0.2) is 24.3 Å². The van der Waals surface area contributed by atoms with Crippen LogP contribution in [0.2, 0.25) is 0 Å². The van der Waals surface area contributed by atoms with Crippen molar-refractivity contribution in [2.24, 2.45) is 0 Å². The number of nitrogens with zero attached hydrogens (tertiary/aromatic N) is 1. The Morgan fingerprint density at radius 1 is 1.35 bits per heavy atom. The zero-order chi connectivity index (χ0) is 15.5. The highest BCUT2D eigenvalue weighted by molar-refractivity contribution is 5.85. The van der Waals surface area contributed by atoms with Gasteiger partial charge in [0.05, 0.1) is 5.56 Å². The highest BCUT2D eigenvalue weighted by Gasteiger charge is 2.33. The van der Waals surface area contributed by atoms with Gasteiger partial charge < -0.3 is 10.0 Å². The van der Waals surface area contributed by atoms with E-state index >= 15 is 0 Å². The van der Waals surface area contributed by atoms with E-state index in [1.165, 1.54) is 12.1 Å². The summed E-state index contributed by atoms with van der Waals surface area (Å²) in [6.45, 7) is 3.73. The van der Waals surface area contributed by atoms with E-state index in [0.717, 1.165) is 12.1 Å². The van der Waals surface area contributed by atoms with Crippen molar-refractivity contribution >= 4 is 17.7 Å². The summed E-state index contributed by atoms with van der Waals surface area (Å²) in [6.07, 6.45) is -2.90. The lowest BCUT2D eigenvalue weighted by molar-refractivity contribution is -0.137. The summed E-state index contributed by atoms with van der Waals surface area (Å²) in [4.78, 5) is 12.1. The fourth-order valence-corrected chi connectivity index (χ4v) is 1.61. The Bertz CT molecular complexity index is 522. The largest absolute Gasteiger partial charge is 0.478 e. The van der Waals surface area contributed by atoms with E-state index in [2.05, 4.69) is 0 Å². The van der Waals surface area contributed by atoms with Gasteiger partial charge in [0.1, 0.15) is 0 Å². The molecule has 0 aromatic heterocycles. The van der Waals surface area contributed by atoms with Gasteiger partial charge in [0, 0.05) is 24.9 Å². The predicted molar refractivity (Wildman–Crippen MR) is 71.7 cm³/mol. The standard InChI is InChI=1S/C14H16F3NO2/c1-9(2)18(3)11-6-4-10(5-7-13(19)20)12(8-11)14(15,16)17/h4-9H,1-3H3,(H,19,20)/b7-5+. The number of carbonyl (C=O) groups is 1. The molecule has 0 atom stereocenters. The molecule has 110 valence electrons. The van der Waals surface area contributed by atoms with E-state index in [0.29, 0.717) is 11.8 Å². The lowest BCUT2D eigenvalue weighted by Gasteiger charge is -2.25. The molecule has 1 aromatic rings.